The summed E-state index contributed by atoms with van der Waals surface area (Å²) < 4.78 is 0. The van der Waals surface area contributed by atoms with Crippen molar-refractivity contribution in [3.05, 3.63) is 187 Å². The van der Waals surface area contributed by atoms with E-state index in [9.17, 15) is 0 Å². The van der Waals surface area contributed by atoms with E-state index in [4.69, 9.17) is 0 Å². The van der Waals surface area contributed by atoms with Crippen LogP contribution in [-0.2, 0) is 6.42 Å². The highest BCUT2D eigenvalue weighted by molar-refractivity contribution is 6.27. The minimum atomic E-state index is 0.885. The van der Waals surface area contributed by atoms with Crippen LogP contribution >= 0.6 is 0 Å². The van der Waals surface area contributed by atoms with Gasteiger partial charge in [-0.05, 0) is 83.2 Å². The van der Waals surface area contributed by atoms with Gasteiger partial charge in [0, 0.05) is 0 Å². The Morgan fingerprint density at radius 3 is 1.71 bits per heavy atom. The summed E-state index contributed by atoms with van der Waals surface area (Å²) in [5, 5.41) is 7.71. The Hall–Kier alpha value is -5.72. The summed E-state index contributed by atoms with van der Waals surface area (Å²) >= 11 is 0. The molecule has 0 unspecified atom stereocenters. The molecule has 0 aliphatic rings. The normalized spacial score (nSPS) is 11.6. The quantitative estimate of drug-likeness (QED) is 0.137. The second kappa shape index (κ2) is 11.8. The van der Waals surface area contributed by atoms with Crippen LogP contribution in [0.25, 0.3) is 71.8 Å². The van der Waals surface area contributed by atoms with Gasteiger partial charge >= 0.3 is 0 Å². The maximum Gasteiger partial charge on any atom is -0.00141 e. The lowest BCUT2D eigenvalue weighted by molar-refractivity contribution is 1.28. The summed E-state index contributed by atoms with van der Waals surface area (Å²) in [5.41, 5.74) is 10.2. The topological polar surface area (TPSA) is 0 Å². The zero-order chi connectivity index (χ0) is 30.0. The van der Waals surface area contributed by atoms with E-state index in [0.717, 1.165) is 6.42 Å². The molecule has 0 heteroatoms. The summed E-state index contributed by atoms with van der Waals surface area (Å²) in [4.78, 5) is 0. The molecule has 0 bridgehead atoms. The van der Waals surface area contributed by atoms with Crippen LogP contribution < -0.4 is 0 Å². The molecule has 8 aromatic rings. The fourth-order valence-corrected chi connectivity index (χ4v) is 6.84. The summed E-state index contributed by atoms with van der Waals surface area (Å²) in [6, 6.07) is 61.6. The lowest BCUT2D eigenvalue weighted by Gasteiger charge is -2.19. The molecule has 0 amide bonds. The lowest BCUT2D eigenvalue weighted by atomic mass is 9.84. The predicted molar refractivity (Wildman–Crippen MR) is 194 cm³/mol. The van der Waals surface area contributed by atoms with E-state index in [2.05, 4.69) is 182 Å². The Kier molecular flexibility index (Phi) is 7.02. The largest absolute Gasteiger partial charge is 0.0795 e. The highest BCUT2D eigenvalue weighted by Gasteiger charge is 2.18. The minimum absolute atomic E-state index is 0.885. The average Bonchev–Trinajstić information content (AvgIpc) is 3.12. The molecule has 0 aromatic heterocycles. The maximum absolute atomic E-state index is 2.32. The molecule has 0 atom stereocenters. The van der Waals surface area contributed by atoms with E-state index in [1.807, 2.05) is 0 Å². The summed E-state index contributed by atoms with van der Waals surface area (Å²) in [6.45, 7) is 0. The molecule has 0 aliphatic carbocycles. The Morgan fingerprint density at radius 1 is 0.378 bits per heavy atom. The van der Waals surface area contributed by atoms with E-state index in [-0.39, 0.29) is 0 Å². The number of hydrogen-bond acceptors (Lipinski definition) is 0. The van der Waals surface area contributed by atoms with Crippen LogP contribution in [0, 0.1) is 0 Å². The van der Waals surface area contributed by atoms with Crippen molar-refractivity contribution >= 4 is 38.4 Å². The Labute approximate surface area is 264 Å². The van der Waals surface area contributed by atoms with Crippen molar-refractivity contribution in [2.75, 3.05) is 0 Å². The van der Waals surface area contributed by atoms with E-state index in [1.54, 1.807) is 0 Å². The number of fused-ring (bicyclic) bond motifs is 4. The Bertz CT molecular complexity index is 2310. The van der Waals surface area contributed by atoms with Crippen LogP contribution in [0.1, 0.15) is 11.1 Å². The maximum atomic E-state index is 2.32. The zero-order valence-electron chi connectivity index (χ0n) is 25.0. The zero-order valence-corrected chi connectivity index (χ0v) is 25.0. The molecule has 0 saturated carbocycles. The fraction of sp³-hybridized carbons (Fsp3) is 0.0222. The van der Waals surface area contributed by atoms with Crippen LogP contribution in [0.4, 0.5) is 0 Å². The van der Waals surface area contributed by atoms with Gasteiger partial charge in [0.2, 0.25) is 0 Å². The van der Waals surface area contributed by atoms with Crippen LogP contribution in [-0.4, -0.2) is 0 Å². The molecule has 0 heterocycles. The number of hydrogen-bond donors (Lipinski definition) is 0. The van der Waals surface area contributed by atoms with Crippen molar-refractivity contribution < 1.29 is 0 Å². The molecule has 0 spiro atoms. The Morgan fingerprint density at radius 2 is 0.956 bits per heavy atom. The molecule has 0 aliphatic heterocycles. The molecule has 0 radical (unpaired) electrons. The fourth-order valence-electron chi connectivity index (χ4n) is 6.84. The standard InChI is InChI=1S/C45H32/c1-3-15-33(16-4-1)38-22-9-7-17-34(38)21-13-14-32-26-28-37(29-27-32)43-40-24-11-12-25-41(40)44(36-19-5-2-6-20-36)45-39-23-10-8-18-35(39)30-31-42(43)45/h1-20,22-31H,21H2/b14-13+. The molecule has 8 rings (SSSR count). The molecule has 0 saturated heterocycles. The minimum Gasteiger partial charge on any atom is -0.0795 e. The van der Waals surface area contributed by atoms with Gasteiger partial charge in [-0.25, -0.2) is 0 Å². The molecule has 0 nitrogen and oxygen atoms in total. The van der Waals surface area contributed by atoms with E-state index in [1.165, 1.54) is 76.8 Å². The van der Waals surface area contributed by atoms with Crippen LogP contribution in [0.3, 0.4) is 0 Å². The molecule has 0 N–H and O–H groups in total. The van der Waals surface area contributed by atoms with E-state index >= 15 is 0 Å². The first-order valence-electron chi connectivity index (χ1n) is 15.7. The van der Waals surface area contributed by atoms with Gasteiger partial charge in [0.1, 0.15) is 0 Å². The van der Waals surface area contributed by atoms with Gasteiger partial charge < -0.3 is 0 Å². The number of benzene rings is 8. The first-order valence-corrected chi connectivity index (χ1v) is 15.7. The van der Waals surface area contributed by atoms with E-state index < -0.39 is 0 Å². The van der Waals surface area contributed by atoms with Crippen molar-refractivity contribution in [1.29, 1.82) is 0 Å². The molecule has 212 valence electrons. The number of allylic oxidation sites excluding steroid dienone is 1. The molecular formula is C45H32. The first-order chi connectivity index (χ1) is 22.3. The molecule has 8 aromatic carbocycles. The third-order valence-corrected chi connectivity index (χ3v) is 8.93. The molecule has 0 fully saturated rings. The highest BCUT2D eigenvalue weighted by atomic mass is 14.2. The monoisotopic (exact) mass is 572 g/mol. The predicted octanol–water partition coefficient (Wildman–Crippen LogP) is 12.4. The van der Waals surface area contributed by atoms with Crippen molar-refractivity contribution in [3.8, 4) is 33.4 Å². The van der Waals surface area contributed by atoms with Gasteiger partial charge in [0.15, 0.2) is 0 Å². The van der Waals surface area contributed by atoms with Gasteiger partial charge in [-0.15, -0.1) is 0 Å². The average molecular weight is 573 g/mol. The Balaban J connectivity index is 1.22. The van der Waals surface area contributed by atoms with Gasteiger partial charge in [-0.3, -0.25) is 0 Å². The van der Waals surface area contributed by atoms with Crippen LogP contribution in [0.5, 0.6) is 0 Å². The summed E-state index contributed by atoms with van der Waals surface area (Å²) in [6.07, 6.45) is 5.41. The summed E-state index contributed by atoms with van der Waals surface area (Å²) in [7, 11) is 0. The molecular weight excluding hydrogens is 540 g/mol. The second-order valence-corrected chi connectivity index (χ2v) is 11.6. The van der Waals surface area contributed by atoms with Crippen LogP contribution in [0.15, 0.2) is 176 Å². The van der Waals surface area contributed by atoms with Crippen molar-refractivity contribution in [1.82, 2.24) is 0 Å². The summed E-state index contributed by atoms with van der Waals surface area (Å²) in [5.74, 6) is 0. The second-order valence-electron chi connectivity index (χ2n) is 11.6. The van der Waals surface area contributed by atoms with Gasteiger partial charge in [-0.2, -0.15) is 0 Å². The van der Waals surface area contributed by atoms with E-state index in [0.29, 0.717) is 0 Å². The van der Waals surface area contributed by atoms with Crippen molar-refractivity contribution in [2.24, 2.45) is 0 Å². The smallest absolute Gasteiger partial charge is 0.00141 e. The first kappa shape index (κ1) is 26.9. The van der Waals surface area contributed by atoms with Crippen LogP contribution in [0.2, 0.25) is 0 Å². The third kappa shape index (κ3) is 5.01. The third-order valence-electron chi connectivity index (χ3n) is 8.93. The highest BCUT2D eigenvalue weighted by Crippen LogP contribution is 2.46. The lowest BCUT2D eigenvalue weighted by Crippen LogP contribution is -1.92. The number of rotatable bonds is 6. The van der Waals surface area contributed by atoms with Gasteiger partial charge in [0.05, 0.1) is 0 Å². The SMILES string of the molecule is C(=C\c1ccc(-c2c3ccccc3c(-c3ccccc3)c3c2ccc2ccccc23)cc1)/Cc1ccccc1-c1ccccc1. The van der Waals surface area contributed by atoms with Gasteiger partial charge in [0.25, 0.3) is 0 Å². The van der Waals surface area contributed by atoms with Crippen molar-refractivity contribution in [3.63, 3.8) is 0 Å². The molecule has 45 heavy (non-hydrogen) atoms. The van der Waals surface area contributed by atoms with Gasteiger partial charge in [-0.1, -0.05) is 182 Å². The van der Waals surface area contributed by atoms with Crippen molar-refractivity contribution in [2.45, 2.75) is 6.42 Å².